The molecule has 0 amide bonds. The van der Waals surface area contributed by atoms with Gasteiger partial charge in [-0.15, -0.1) is 23.5 Å². The number of anilines is 2. The Hall–Kier alpha value is -1.72. The molecule has 8 heteroatoms. The molecule has 0 unspecified atom stereocenters. The van der Waals surface area contributed by atoms with Crippen LogP contribution in [0.5, 0.6) is 0 Å². The van der Waals surface area contributed by atoms with Gasteiger partial charge in [0.05, 0.1) is 15.8 Å². The first-order valence-corrected chi connectivity index (χ1v) is 9.26. The monoisotopic (exact) mass is 351 g/mol. The van der Waals surface area contributed by atoms with Gasteiger partial charge < -0.3 is 11.5 Å². The van der Waals surface area contributed by atoms with Crippen molar-refractivity contribution in [2.75, 3.05) is 23.0 Å². The highest BCUT2D eigenvalue weighted by Gasteiger charge is 2.23. The standard InChI is InChI=1S/C15H18FN5S2/c1-3-5-22-12-8(7-17)13(23-6-4-2)10(16)11-9(12)14(18)21-15(19)20-11/h3-6H2,1-2H3,(H4,18,19,20,21). The first-order valence-electron chi connectivity index (χ1n) is 7.28. The Morgan fingerprint density at radius 2 is 1.70 bits per heavy atom. The molecule has 0 aliphatic rings. The second-order valence-corrected chi connectivity index (χ2v) is 7.06. The lowest BCUT2D eigenvalue weighted by molar-refractivity contribution is 0.609. The average Bonchev–Trinajstić information content (AvgIpc) is 2.52. The molecule has 0 radical (unpaired) electrons. The van der Waals surface area contributed by atoms with Gasteiger partial charge in [0.15, 0.2) is 5.82 Å². The minimum absolute atomic E-state index is 0.0727. The van der Waals surface area contributed by atoms with Crippen LogP contribution in [0.3, 0.4) is 0 Å². The van der Waals surface area contributed by atoms with E-state index in [0.717, 1.165) is 18.6 Å². The van der Waals surface area contributed by atoms with E-state index in [1.54, 1.807) is 0 Å². The first kappa shape index (κ1) is 17.6. The predicted octanol–water partition coefficient (Wildman–Crippen LogP) is 3.81. The van der Waals surface area contributed by atoms with Crippen molar-refractivity contribution in [3.05, 3.63) is 11.4 Å². The van der Waals surface area contributed by atoms with Crippen LogP contribution < -0.4 is 11.5 Å². The third kappa shape index (κ3) is 3.46. The van der Waals surface area contributed by atoms with Crippen molar-refractivity contribution in [1.82, 2.24) is 9.97 Å². The molecule has 0 bridgehead atoms. The maximum atomic E-state index is 14.9. The van der Waals surface area contributed by atoms with Crippen molar-refractivity contribution < 1.29 is 4.39 Å². The molecule has 4 N–H and O–H groups in total. The molecule has 1 aromatic heterocycles. The Balaban J connectivity index is 2.84. The highest BCUT2D eigenvalue weighted by atomic mass is 32.2. The van der Waals surface area contributed by atoms with E-state index in [1.807, 2.05) is 13.8 Å². The third-order valence-corrected chi connectivity index (χ3v) is 5.65. The Morgan fingerprint density at radius 1 is 1.09 bits per heavy atom. The van der Waals surface area contributed by atoms with Crippen LogP contribution in [-0.2, 0) is 0 Å². The molecular weight excluding hydrogens is 333 g/mol. The minimum Gasteiger partial charge on any atom is -0.383 e. The molecule has 0 aliphatic carbocycles. The lowest BCUT2D eigenvalue weighted by Gasteiger charge is -2.15. The van der Waals surface area contributed by atoms with E-state index in [4.69, 9.17) is 11.5 Å². The van der Waals surface area contributed by atoms with Crippen LogP contribution in [0.4, 0.5) is 16.2 Å². The van der Waals surface area contributed by atoms with Crippen LogP contribution in [0.1, 0.15) is 32.3 Å². The second kappa shape index (κ2) is 7.70. The first-order chi connectivity index (χ1) is 11.0. The number of nitrogen functional groups attached to an aromatic ring is 2. The van der Waals surface area contributed by atoms with Crippen LogP contribution in [-0.4, -0.2) is 21.5 Å². The number of thioether (sulfide) groups is 2. The lowest BCUT2D eigenvalue weighted by Crippen LogP contribution is -2.05. The number of nitrogens with two attached hydrogens (primary N) is 2. The molecule has 2 aromatic rings. The van der Waals surface area contributed by atoms with Crippen molar-refractivity contribution in [3.8, 4) is 6.07 Å². The molecule has 0 saturated carbocycles. The molecule has 122 valence electrons. The fourth-order valence-electron chi connectivity index (χ4n) is 2.11. The van der Waals surface area contributed by atoms with Gasteiger partial charge in [0, 0.05) is 4.90 Å². The smallest absolute Gasteiger partial charge is 0.222 e. The van der Waals surface area contributed by atoms with E-state index >= 15 is 0 Å². The third-order valence-electron chi connectivity index (χ3n) is 3.06. The number of fused-ring (bicyclic) bond motifs is 1. The summed E-state index contributed by atoms with van der Waals surface area (Å²) in [6.07, 6.45) is 1.79. The quantitative estimate of drug-likeness (QED) is 0.763. The summed E-state index contributed by atoms with van der Waals surface area (Å²) in [5.74, 6) is 0.990. The van der Waals surface area contributed by atoms with Crippen molar-refractivity contribution in [2.24, 2.45) is 0 Å². The zero-order chi connectivity index (χ0) is 17.0. The van der Waals surface area contributed by atoms with Gasteiger partial charge in [-0.3, -0.25) is 0 Å². The number of benzene rings is 1. The summed E-state index contributed by atoms with van der Waals surface area (Å²) in [5, 5.41) is 9.96. The second-order valence-electron chi connectivity index (χ2n) is 4.85. The molecule has 23 heavy (non-hydrogen) atoms. The van der Waals surface area contributed by atoms with Gasteiger partial charge >= 0.3 is 0 Å². The van der Waals surface area contributed by atoms with E-state index in [-0.39, 0.29) is 17.3 Å². The number of hydrogen-bond donors (Lipinski definition) is 2. The molecule has 0 atom stereocenters. The van der Waals surface area contributed by atoms with E-state index < -0.39 is 5.82 Å². The summed E-state index contributed by atoms with van der Waals surface area (Å²) in [6.45, 7) is 4.04. The van der Waals surface area contributed by atoms with Gasteiger partial charge in [0.25, 0.3) is 0 Å². The molecule has 2 rings (SSSR count). The van der Waals surface area contributed by atoms with Crippen LogP contribution >= 0.6 is 23.5 Å². The molecule has 1 aromatic carbocycles. The van der Waals surface area contributed by atoms with Crippen LogP contribution in [0, 0.1) is 17.1 Å². The lowest BCUT2D eigenvalue weighted by atomic mass is 10.1. The van der Waals surface area contributed by atoms with Gasteiger partial charge in [-0.25, -0.2) is 9.37 Å². The molecule has 0 spiro atoms. The minimum atomic E-state index is -0.545. The average molecular weight is 351 g/mol. The van der Waals surface area contributed by atoms with Crippen LogP contribution in [0.15, 0.2) is 9.79 Å². The Morgan fingerprint density at radius 3 is 2.26 bits per heavy atom. The van der Waals surface area contributed by atoms with Crippen LogP contribution in [0.2, 0.25) is 0 Å². The highest BCUT2D eigenvalue weighted by molar-refractivity contribution is 8.00. The highest BCUT2D eigenvalue weighted by Crippen LogP contribution is 2.41. The fourth-order valence-corrected chi connectivity index (χ4v) is 4.15. The topological polar surface area (TPSA) is 102 Å². The molecule has 5 nitrogen and oxygen atoms in total. The van der Waals surface area contributed by atoms with Gasteiger partial charge in [0.1, 0.15) is 17.4 Å². The van der Waals surface area contributed by atoms with Crippen molar-refractivity contribution in [3.63, 3.8) is 0 Å². The number of halogens is 1. The van der Waals surface area contributed by atoms with Crippen LogP contribution in [0.25, 0.3) is 10.9 Å². The van der Waals surface area contributed by atoms with Crippen molar-refractivity contribution in [1.29, 1.82) is 5.26 Å². The molecule has 1 heterocycles. The number of hydrogen-bond acceptors (Lipinski definition) is 7. The summed E-state index contributed by atoms with van der Waals surface area (Å²) < 4.78 is 14.9. The van der Waals surface area contributed by atoms with Crippen molar-refractivity contribution in [2.45, 2.75) is 36.5 Å². The number of nitrogens with zero attached hydrogens (tertiary/aromatic N) is 3. The van der Waals surface area contributed by atoms with Gasteiger partial charge in [-0.05, 0) is 24.3 Å². The Bertz CT molecular complexity index is 773. The molecule has 0 saturated heterocycles. The fraction of sp³-hybridized carbons (Fsp3) is 0.400. The van der Waals surface area contributed by atoms with Crippen molar-refractivity contribution >= 4 is 46.2 Å². The number of aromatic nitrogens is 2. The summed E-state index contributed by atoms with van der Waals surface area (Å²) in [5.41, 5.74) is 12.0. The molecule has 0 fully saturated rings. The summed E-state index contributed by atoms with van der Waals surface area (Å²) in [6, 6.07) is 2.13. The van der Waals surface area contributed by atoms with E-state index in [2.05, 4.69) is 16.0 Å². The zero-order valence-electron chi connectivity index (χ0n) is 13.0. The Kier molecular flexibility index (Phi) is 5.91. The number of nitriles is 1. The normalized spacial score (nSPS) is 10.9. The molecule has 0 aliphatic heterocycles. The van der Waals surface area contributed by atoms with E-state index in [1.165, 1.54) is 23.5 Å². The SMILES string of the molecule is CCCSc1c(C#N)c(SCCC)c2c(N)nc(N)nc2c1F. The molecular formula is C15H18FN5S2. The van der Waals surface area contributed by atoms with Gasteiger partial charge in [-0.1, -0.05) is 13.8 Å². The summed E-state index contributed by atoms with van der Waals surface area (Å²) in [7, 11) is 0. The predicted molar refractivity (Wildman–Crippen MR) is 95.1 cm³/mol. The van der Waals surface area contributed by atoms with E-state index in [0.29, 0.717) is 26.5 Å². The summed E-state index contributed by atoms with van der Waals surface area (Å²) >= 11 is 2.79. The van der Waals surface area contributed by atoms with E-state index in [9.17, 15) is 9.65 Å². The maximum absolute atomic E-state index is 14.9. The maximum Gasteiger partial charge on any atom is 0.222 e. The summed E-state index contributed by atoms with van der Waals surface area (Å²) in [4.78, 5) is 8.91. The van der Waals surface area contributed by atoms with Gasteiger partial charge in [-0.2, -0.15) is 10.2 Å². The largest absolute Gasteiger partial charge is 0.383 e. The zero-order valence-corrected chi connectivity index (χ0v) is 14.7. The number of rotatable bonds is 6. The van der Waals surface area contributed by atoms with Gasteiger partial charge in [0.2, 0.25) is 5.95 Å². The Labute approximate surface area is 143 Å².